The number of aromatic nitrogens is 2. The second kappa shape index (κ2) is 10.3. The smallest absolute Gasteiger partial charge is 0.0727 e. The minimum absolute atomic E-state index is 0. The standard InChI is InChI=1S/C14H24N4.2ClH/c1-12-9-17-14(10-16-12)11-18-7-4-13(5-8-18)3-6-15-2;;/h9-10,13,15H,3-8,11H2,1-2H3;2*1H. The quantitative estimate of drug-likeness (QED) is 0.904. The summed E-state index contributed by atoms with van der Waals surface area (Å²) in [5.41, 5.74) is 2.08. The summed E-state index contributed by atoms with van der Waals surface area (Å²) in [6, 6.07) is 0. The third-order valence-electron chi connectivity index (χ3n) is 3.73. The van der Waals surface area contributed by atoms with Gasteiger partial charge in [-0.15, -0.1) is 24.8 Å². The molecule has 0 aliphatic carbocycles. The third kappa shape index (κ3) is 6.35. The zero-order valence-corrected chi connectivity index (χ0v) is 14.0. The number of piperidine rings is 1. The molecule has 116 valence electrons. The summed E-state index contributed by atoms with van der Waals surface area (Å²) in [6.45, 7) is 6.47. The molecule has 1 aliphatic heterocycles. The molecule has 1 aromatic heterocycles. The number of hydrogen-bond donors (Lipinski definition) is 1. The molecule has 1 saturated heterocycles. The Kier molecular flexibility index (Phi) is 10.1. The Balaban J connectivity index is 0.00000180. The Morgan fingerprint density at radius 2 is 1.90 bits per heavy atom. The van der Waals surface area contributed by atoms with E-state index in [1.807, 2.05) is 26.4 Å². The van der Waals surface area contributed by atoms with Crippen molar-refractivity contribution in [2.45, 2.75) is 32.7 Å². The van der Waals surface area contributed by atoms with Gasteiger partial charge in [-0.2, -0.15) is 0 Å². The molecule has 0 atom stereocenters. The Morgan fingerprint density at radius 3 is 2.45 bits per heavy atom. The van der Waals surface area contributed by atoms with Gasteiger partial charge in [-0.05, 0) is 58.8 Å². The molecule has 0 aromatic carbocycles. The van der Waals surface area contributed by atoms with Crippen molar-refractivity contribution < 1.29 is 0 Å². The highest BCUT2D eigenvalue weighted by molar-refractivity contribution is 5.85. The van der Waals surface area contributed by atoms with Gasteiger partial charge in [-0.3, -0.25) is 14.9 Å². The van der Waals surface area contributed by atoms with E-state index in [0.29, 0.717) is 0 Å². The van der Waals surface area contributed by atoms with Gasteiger partial charge < -0.3 is 5.32 Å². The topological polar surface area (TPSA) is 41.0 Å². The zero-order chi connectivity index (χ0) is 12.8. The predicted octanol–water partition coefficient (Wildman–Crippen LogP) is 2.45. The Morgan fingerprint density at radius 1 is 1.20 bits per heavy atom. The summed E-state index contributed by atoms with van der Waals surface area (Å²) in [7, 11) is 2.03. The minimum atomic E-state index is 0. The normalized spacial score (nSPS) is 16.3. The van der Waals surface area contributed by atoms with Crippen LogP contribution in [-0.2, 0) is 6.54 Å². The molecule has 2 rings (SSSR count). The van der Waals surface area contributed by atoms with Crippen molar-refractivity contribution in [2.75, 3.05) is 26.7 Å². The van der Waals surface area contributed by atoms with Crippen molar-refractivity contribution in [3.05, 3.63) is 23.8 Å². The van der Waals surface area contributed by atoms with E-state index in [4.69, 9.17) is 0 Å². The van der Waals surface area contributed by atoms with Crippen LogP contribution in [0.1, 0.15) is 30.7 Å². The Hall–Kier alpha value is -0.420. The van der Waals surface area contributed by atoms with E-state index in [1.165, 1.54) is 32.4 Å². The Labute approximate surface area is 134 Å². The van der Waals surface area contributed by atoms with Crippen LogP contribution in [0.2, 0.25) is 0 Å². The van der Waals surface area contributed by atoms with Crippen molar-refractivity contribution in [1.82, 2.24) is 20.2 Å². The van der Waals surface area contributed by atoms with Crippen LogP contribution in [0.3, 0.4) is 0 Å². The van der Waals surface area contributed by atoms with E-state index in [-0.39, 0.29) is 24.8 Å². The molecule has 1 aliphatic rings. The lowest BCUT2D eigenvalue weighted by Crippen LogP contribution is -2.34. The van der Waals surface area contributed by atoms with Gasteiger partial charge in [-0.1, -0.05) is 0 Å². The third-order valence-corrected chi connectivity index (χ3v) is 3.73. The largest absolute Gasteiger partial charge is 0.320 e. The lowest BCUT2D eigenvalue weighted by atomic mass is 9.93. The summed E-state index contributed by atoms with van der Waals surface area (Å²) in [5.74, 6) is 0.901. The van der Waals surface area contributed by atoms with Crippen molar-refractivity contribution in [2.24, 2.45) is 5.92 Å². The lowest BCUT2D eigenvalue weighted by Gasteiger charge is -2.31. The SMILES string of the molecule is CNCCC1CCN(Cc2cnc(C)cn2)CC1.Cl.Cl. The number of nitrogens with one attached hydrogen (secondary N) is 1. The molecule has 0 radical (unpaired) electrons. The molecule has 1 aromatic rings. The molecule has 0 unspecified atom stereocenters. The van der Waals surface area contributed by atoms with Crippen LogP contribution in [0.15, 0.2) is 12.4 Å². The van der Waals surface area contributed by atoms with Crippen LogP contribution in [-0.4, -0.2) is 41.5 Å². The molecule has 1 fully saturated rings. The lowest BCUT2D eigenvalue weighted by molar-refractivity contribution is 0.170. The van der Waals surface area contributed by atoms with Gasteiger partial charge in [0.2, 0.25) is 0 Å². The van der Waals surface area contributed by atoms with Crippen molar-refractivity contribution in [3.63, 3.8) is 0 Å². The van der Waals surface area contributed by atoms with Gasteiger partial charge in [-0.25, -0.2) is 0 Å². The second-order valence-electron chi connectivity index (χ2n) is 5.26. The average Bonchev–Trinajstić information content (AvgIpc) is 2.41. The van der Waals surface area contributed by atoms with E-state index < -0.39 is 0 Å². The van der Waals surface area contributed by atoms with E-state index >= 15 is 0 Å². The molecular weight excluding hydrogens is 295 g/mol. The van der Waals surface area contributed by atoms with Crippen molar-refractivity contribution in [3.8, 4) is 0 Å². The summed E-state index contributed by atoms with van der Waals surface area (Å²) in [4.78, 5) is 11.2. The average molecular weight is 321 g/mol. The number of halogens is 2. The van der Waals surface area contributed by atoms with Crippen LogP contribution in [0.4, 0.5) is 0 Å². The van der Waals surface area contributed by atoms with Crippen LogP contribution < -0.4 is 5.32 Å². The van der Waals surface area contributed by atoms with E-state index in [0.717, 1.165) is 30.4 Å². The fourth-order valence-corrected chi connectivity index (χ4v) is 2.51. The first-order chi connectivity index (χ1) is 8.78. The highest BCUT2D eigenvalue weighted by atomic mass is 35.5. The molecule has 0 spiro atoms. The fourth-order valence-electron chi connectivity index (χ4n) is 2.51. The maximum atomic E-state index is 4.43. The minimum Gasteiger partial charge on any atom is -0.320 e. The van der Waals surface area contributed by atoms with E-state index in [9.17, 15) is 0 Å². The first-order valence-electron chi connectivity index (χ1n) is 6.92. The molecule has 0 saturated carbocycles. The van der Waals surface area contributed by atoms with Crippen molar-refractivity contribution >= 4 is 24.8 Å². The number of hydrogen-bond acceptors (Lipinski definition) is 4. The molecule has 6 heteroatoms. The number of nitrogens with zero attached hydrogens (tertiary/aromatic N) is 3. The van der Waals surface area contributed by atoms with E-state index in [2.05, 4.69) is 20.2 Å². The first kappa shape index (κ1) is 19.6. The number of aryl methyl sites for hydroxylation is 1. The van der Waals surface area contributed by atoms with Gasteiger partial charge in [0, 0.05) is 18.9 Å². The van der Waals surface area contributed by atoms with Gasteiger partial charge >= 0.3 is 0 Å². The molecule has 2 heterocycles. The van der Waals surface area contributed by atoms with Crippen LogP contribution in [0.25, 0.3) is 0 Å². The van der Waals surface area contributed by atoms with Crippen LogP contribution in [0.5, 0.6) is 0 Å². The van der Waals surface area contributed by atoms with Gasteiger partial charge in [0.05, 0.1) is 11.4 Å². The summed E-state index contributed by atoms with van der Waals surface area (Å²) in [5, 5.41) is 3.24. The maximum Gasteiger partial charge on any atom is 0.0727 e. The number of rotatable bonds is 5. The highest BCUT2D eigenvalue weighted by Gasteiger charge is 2.18. The van der Waals surface area contributed by atoms with Gasteiger partial charge in [0.25, 0.3) is 0 Å². The van der Waals surface area contributed by atoms with Gasteiger partial charge in [0.15, 0.2) is 0 Å². The second-order valence-corrected chi connectivity index (χ2v) is 5.26. The Bertz CT molecular complexity index is 351. The fraction of sp³-hybridized carbons (Fsp3) is 0.714. The summed E-state index contributed by atoms with van der Waals surface area (Å²) in [6.07, 6.45) is 7.72. The van der Waals surface area contributed by atoms with Crippen LogP contribution in [0, 0.1) is 12.8 Å². The number of likely N-dealkylation sites (tertiary alicyclic amines) is 1. The molecule has 1 N–H and O–H groups in total. The zero-order valence-electron chi connectivity index (χ0n) is 12.3. The maximum absolute atomic E-state index is 4.43. The molecule has 4 nitrogen and oxygen atoms in total. The van der Waals surface area contributed by atoms with Gasteiger partial charge in [0.1, 0.15) is 0 Å². The molecule has 20 heavy (non-hydrogen) atoms. The highest BCUT2D eigenvalue weighted by Crippen LogP contribution is 2.20. The first-order valence-corrected chi connectivity index (χ1v) is 6.92. The summed E-state index contributed by atoms with van der Waals surface area (Å²) >= 11 is 0. The van der Waals surface area contributed by atoms with Crippen LogP contribution >= 0.6 is 24.8 Å². The molecular formula is C14H26Cl2N4. The van der Waals surface area contributed by atoms with Crippen molar-refractivity contribution in [1.29, 1.82) is 0 Å². The van der Waals surface area contributed by atoms with E-state index in [1.54, 1.807) is 0 Å². The molecule has 0 amide bonds. The summed E-state index contributed by atoms with van der Waals surface area (Å²) < 4.78 is 0. The molecule has 0 bridgehead atoms. The predicted molar refractivity (Wildman–Crippen MR) is 87.8 cm³/mol. The monoisotopic (exact) mass is 320 g/mol.